The van der Waals surface area contributed by atoms with Crippen molar-refractivity contribution in [3.05, 3.63) is 0 Å². The quantitative estimate of drug-likeness (QED) is 0.619. The summed E-state index contributed by atoms with van der Waals surface area (Å²) < 4.78 is 0. The molecule has 0 aromatic heterocycles. The molecule has 3 heteroatoms. The highest BCUT2D eigenvalue weighted by atomic mass is 32.2. The molecule has 0 spiro atoms. The van der Waals surface area contributed by atoms with E-state index in [1.807, 2.05) is 11.8 Å². The van der Waals surface area contributed by atoms with Gasteiger partial charge in [0.15, 0.2) is 0 Å². The Kier molecular flexibility index (Phi) is 8.58. The molecule has 0 rings (SSSR count). The molecule has 15 heavy (non-hydrogen) atoms. The van der Waals surface area contributed by atoms with Gasteiger partial charge in [-0.15, -0.1) is 0 Å². The SMILES string of the molecule is CCN(CCCCSC)CC(C)(C)CN. The van der Waals surface area contributed by atoms with Crippen LogP contribution in [0.1, 0.15) is 33.6 Å². The van der Waals surface area contributed by atoms with E-state index in [0.29, 0.717) is 0 Å². The minimum atomic E-state index is 0.259. The third-order valence-corrected chi connectivity index (χ3v) is 3.42. The van der Waals surface area contributed by atoms with Crippen molar-refractivity contribution in [3.63, 3.8) is 0 Å². The molecule has 0 aliphatic carbocycles. The zero-order chi connectivity index (χ0) is 11.7. The van der Waals surface area contributed by atoms with E-state index < -0.39 is 0 Å². The molecule has 0 fully saturated rings. The fourth-order valence-corrected chi connectivity index (χ4v) is 2.09. The summed E-state index contributed by atoms with van der Waals surface area (Å²) in [6.07, 6.45) is 4.82. The van der Waals surface area contributed by atoms with Gasteiger partial charge in [0.2, 0.25) is 0 Å². The second-order valence-electron chi connectivity index (χ2n) is 4.94. The Balaban J connectivity index is 3.72. The Morgan fingerprint density at radius 3 is 2.40 bits per heavy atom. The maximum atomic E-state index is 5.76. The number of unbranched alkanes of at least 4 members (excludes halogenated alkanes) is 1. The predicted molar refractivity (Wildman–Crippen MR) is 72.6 cm³/mol. The Morgan fingerprint density at radius 2 is 1.93 bits per heavy atom. The van der Waals surface area contributed by atoms with E-state index in [9.17, 15) is 0 Å². The minimum Gasteiger partial charge on any atom is -0.330 e. The van der Waals surface area contributed by atoms with Crippen molar-refractivity contribution in [2.24, 2.45) is 11.1 Å². The molecule has 0 amide bonds. The highest BCUT2D eigenvalue weighted by Gasteiger charge is 2.18. The third kappa shape index (κ3) is 8.12. The van der Waals surface area contributed by atoms with Gasteiger partial charge in [-0.2, -0.15) is 11.8 Å². The Hall–Kier alpha value is 0.270. The summed E-state index contributed by atoms with van der Waals surface area (Å²) in [6.45, 7) is 11.0. The van der Waals surface area contributed by atoms with E-state index in [0.717, 1.165) is 19.6 Å². The summed E-state index contributed by atoms with van der Waals surface area (Å²) >= 11 is 1.94. The van der Waals surface area contributed by atoms with Gasteiger partial charge in [0.05, 0.1) is 0 Å². The molecule has 0 saturated carbocycles. The van der Waals surface area contributed by atoms with Crippen LogP contribution >= 0.6 is 11.8 Å². The van der Waals surface area contributed by atoms with Crippen molar-refractivity contribution in [2.75, 3.05) is 38.2 Å². The van der Waals surface area contributed by atoms with Gasteiger partial charge < -0.3 is 10.6 Å². The van der Waals surface area contributed by atoms with E-state index in [2.05, 4.69) is 31.9 Å². The highest BCUT2D eigenvalue weighted by Crippen LogP contribution is 2.15. The number of thioether (sulfide) groups is 1. The summed E-state index contributed by atoms with van der Waals surface area (Å²) in [6, 6.07) is 0. The van der Waals surface area contributed by atoms with Crippen LogP contribution in [0.3, 0.4) is 0 Å². The molecule has 0 bridgehead atoms. The third-order valence-electron chi connectivity index (χ3n) is 2.72. The van der Waals surface area contributed by atoms with Crippen LogP contribution in [-0.4, -0.2) is 43.1 Å². The molecule has 0 aliphatic heterocycles. The van der Waals surface area contributed by atoms with Crippen LogP contribution < -0.4 is 5.73 Å². The monoisotopic (exact) mass is 232 g/mol. The first kappa shape index (κ1) is 15.3. The Bertz CT molecular complexity index is 149. The number of nitrogens with zero attached hydrogens (tertiary/aromatic N) is 1. The summed E-state index contributed by atoms with van der Waals surface area (Å²) in [5, 5.41) is 0. The summed E-state index contributed by atoms with van der Waals surface area (Å²) in [4.78, 5) is 2.52. The lowest BCUT2D eigenvalue weighted by molar-refractivity contribution is 0.188. The number of nitrogens with two attached hydrogens (primary N) is 1. The van der Waals surface area contributed by atoms with Crippen LogP contribution in [0.5, 0.6) is 0 Å². The number of rotatable bonds is 9. The average Bonchev–Trinajstić information content (AvgIpc) is 2.22. The molecule has 0 radical (unpaired) electrons. The maximum absolute atomic E-state index is 5.76. The van der Waals surface area contributed by atoms with Gasteiger partial charge in [0.1, 0.15) is 0 Å². The molecule has 0 atom stereocenters. The largest absolute Gasteiger partial charge is 0.330 e. The topological polar surface area (TPSA) is 29.3 Å². The van der Waals surface area contributed by atoms with Crippen LogP contribution in [0, 0.1) is 5.41 Å². The number of hydrogen-bond acceptors (Lipinski definition) is 3. The van der Waals surface area contributed by atoms with E-state index in [4.69, 9.17) is 5.73 Å². The molecular weight excluding hydrogens is 204 g/mol. The fraction of sp³-hybridized carbons (Fsp3) is 1.00. The average molecular weight is 232 g/mol. The van der Waals surface area contributed by atoms with E-state index in [1.165, 1.54) is 25.1 Å². The summed E-state index contributed by atoms with van der Waals surface area (Å²) in [5.41, 5.74) is 6.02. The van der Waals surface area contributed by atoms with E-state index in [1.54, 1.807) is 0 Å². The van der Waals surface area contributed by atoms with E-state index >= 15 is 0 Å². The van der Waals surface area contributed by atoms with Gasteiger partial charge in [-0.25, -0.2) is 0 Å². The summed E-state index contributed by atoms with van der Waals surface area (Å²) in [5.74, 6) is 1.29. The van der Waals surface area contributed by atoms with Crippen molar-refractivity contribution in [2.45, 2.75) is 33.6 Å². The first-order valence-electron chi connectivity index (χ1n) is 5.97. The molecular formula is C12H28N2S. The molecule has 0 aromatic rings. The molecule has 2 nitrogen and oxygen atoms in total. The highest BCUT2D eigenvalue weighted by molar-refractivity contribution is 7.98. The lowest BCUT2D eigenvalue weighted by Gasteiger charge is -2.31. The Labute approximate surface area is 100.0 Å². The van der Waals surface area contributed by atoms with Crippen LogP contribution in [0.15, 0.2) is 0 Å². The van der Waals surface area contributed by atoms with Crippen molar-refractivity contribution in [3.8, 4) is 0 Å². The van der Waals surface area contributed by atoms with Gasteiger partial charge >= 0.3 is 0 Å². The fourth-order valence-electron chi connectivity index (χ4n) is 1.60. The zero-order valence-corrected chi connectivity index (χ0v) is 11.7. The molecule has 2 N–H and O–H groups in total. The standard InChI is InChI=1S/C12H28N2S/c1-5-14(8-6-7-9-15-4)11-12(2,3)10-13/h5-11,13H2,1-4H3. The van der Waals surface area contributed by atoms with Gasteiger partial charge in [-0.05, 0) is 49.9 Å². The molecule has 0 unspecified atom stereocenters. The maximum Gasteiger partial charge on any atom is 0.00446 e. The second kappa shape index (κ2) is 8.43. The van der Waals surface area contributed by atoms with Crippen LogP contribution in [0.4, 0.5) is 0 Å². The zero-order valence-electron chi connectivity index (χ0n) is 10.9. The second-order valence-corrected chi connectivity index (χ2v) is 5.92. The number of hydrogen-bond donors (Lipinski definition) is 1. The summed E-state index contributed by atoms with van der Waals surface area (Å²) in [7, 11) is 0. The van der Waals surface area contributed by atoms with Gasteiger partial charge in [-0.1, -0.05) is 20.8 Å². The Morgan fingerprint density at radius 1 is 1.27 bits per heavy atom. The molecule has 92 valence electrons. The van der Waals surface area contributed by atoms with Crippen molar-refractivity contribution in [1.29, 1.82) is 0 Å². The van der Waals surface area contributed by atoms with Gasteiger partial charge in [-0.3, -0.25) is 0 Å². The lowest BCUT2D eigenvalue weighted by Crippen LogP contribution is -2.39. The van der Waals surface area contributed by atoms with Gasteiger partial charge in [0, 0.05) is 6.54 Å². The van der Waals surface area contributed by atoms with Gasteiger partial charge in [0.25, 0.3) is 0 Å². The lowest BCUT2D eigenvalue weighted by atomic mass is 9.93. The molecule has 0 saturated heterocycles. The minimum absolute atomic E-state index is 0.259. The molecule has 0 heterocycles. The van der Waals surface area contributed by atoms with Crippen LogP contribution in [-0.2, 0) is 0 Å². The van der Waals surface area contributed by atoms with Crippen LogP contribution in [0.25, 0.3) is 0 Å². The predicted octanol–water partition coefficient (Wildman–Crippen LogP) is 2.44. The first-order chi connectivity index (χ1) is 7.05. The first-order valence-corrected chi connectivity index (χ1v) is 7.36. The van der Waals surface area contributed by atoms with Crippen LogP contribution in [0.2, 0.25) is 0 Å². The van der Waals surface area contributed by atoms with Crippen molar-refractivity contribution >= 4 is 11.8 Å². The van der Waals surface area contributed by atoms with Crippen molar-refractivity contribution in [1.82, 2.24) is 4.90 Å². The van der Waals surface area contributed by atoms with Crippen molar-refractivity contribution < 1.29 is 0 Å². The van der Waals surface area contributed by atoms with E-state index in [-0.39, 0.29) is 5.41 Å². The molecule has 0 aliphatic rings. The molecule has 0 aromatic carbocycles. The normalized spacial score (nSPS) is 12.4. The smallest absolute Gasteiger partial charge is 0.00446 e.